The third kappa shape index (κ3) is 1.16. The van der Waals surface area contributed by atoms with Gasteiger partial charge >= 0.3 is 0 Å². The summed E-state index contributed by atoms with van der Waals surface area (Å²) in [6, 6.07) is 8.15. The average molecular weight is 212 g/mol. The number of aromatic nitrogens is 3. The maximum Gasteiger partial charge on any atom is 0.152 e. The van der Waals surface area contributed by atoms with Crippen molar-refractivity contribution in [1.82, 2.24) is 14.6 Å². The highest BCUT2D eigenvalue weighted by Crippen LogP contribution is 2.21. The Kier molecular flexibility index (Phi) is 1.83. The first-order chi connectivity index (χ1) is 7.79. The van der Waals surface area contributed by atoms with Crippen molar-refractivity contribution in [3.8, 4) is 0 Å². The van der Waals surface area contributed by atoms with E-state index >= 15 is 0 Å². The second-order valence-electron chi connectivity index (χ2n) is 3.83. The second kappa shape index (κ2) is 3.20. The maximum absolute atomic E-state index is 4.58. The fourth-order valence-electron chi connectivity index (χ4n) is 1.94. The molecule has 0 aliphatic rings. The first-order valence-corrected chi connectivity index (χ1v) is 5.21. The van der Waals surface area contributed by atoms with Crippen molar-refractivity contribution >= 4 is 22.4 Å². The summed E-state index contributed by atoms with van der Waals surface area (Å²) in [6.07, 6.45) is 1.79. The summed E-state index contributed by atoms with van der Waals surface area (Å²) in [5, 5.41) is 7.42. The molecule has 0 saturated carbocycles. The largest absolute Gasteiger partial charge is 0.371 e. The molecule has 0 amide bonds. The predicted molar refractivity (Wildman–Crippen MR) is 64.8 cm³/mol. The summed E-state index contributed by atoms with van der Waals surface area (Å²) >= 11 is 0. The number of anilines is 1. The highest BCUT2D eigenvalue weighted by Gasteiger charge is 2.07. The van der Waals surface area contributed by atoms with Crippen molar-refractivity contribution in [2.45, 2.75) is 6.92 Å². The van der Waals surface area contributed by atoms with Crippen LogP contribution < -0.4 is 5.32 Å². The number of hydrogen-bond acceptors (Lipinski definition) is 3. The number of benzene rings is 1. The quantitative estimate of drug-likeness (QED) is 0.672. The van der Waals surface area contributed by atoms with Crippen LogP contribution in [0.3, 0.4) is 0 Å². The lowest BCUT2D eigenvalue weighted by atomic mass is 10.2. The number of nitrogens with one attached hydrogen (secondary N) is 1. The van der Waals surface area contributed by atoms with Crippen LogP contribution in [0.5, 0.6) is 0 Å². The monoisotopic (exact) mass is 212 g/mol. The lowest BCUT2D eigenvalue weighted by molar-refractivity contribution is 0.995. The topological polar surface area (TPSA) is 42.2 Å². The molecule has 0 aliphatic carbocycles. The van der Waals surface area contributed by atoms with E-state index < -0.39 is 0 Å². The van der Waals surface area contributed by atoms with Crippen LogP contribution in [0.1, 0.15) is 5.56 Å². The van der Waals surface area contributed by atoms with Crippen LogP contribution in [-0.4, -0.2) is 21.6 Å². The number of aryl methyl sites for hydroxylation is 1. The first-order valence-electron chi connectivity index (χ1n) is 5.21. The Morgan fingerprint density at radius 3 is 2.88 bits per heavy atom. The van der Waals surface area contributed by atoms with Gasteiger partial charge in [0.15, 0.2) is 5.82 Å². The Hall–Kier alpha value is -2.10. The van der Waals surface area contributed by atoms with Crippen LogP contribution in [-0.2, 0) is 0 Å². The molecular weight excluding hydrogens is 200 g/mol. The van der Waals surface area contributed by atoms with E-state index in [2.05, 4.69) is 40.5 Å². The Morgan fingerprint density at radius 1 is 1.19 bits per heavy atom. The Bertz CT molecular complexity index is 669. The van der Waals surface area contributed by atoms with Crippen molar-refractivity contribution in [3.05, 3.63) is 36.0 Å². The van der Waals surface area contributed by atoms with Crippen LogP contribution in [0, 0.1) is 6.92 Å². The molecule has 0 atom stereocenters. The molecule has 4 heteroatoms. The molecule has 0 bridgehead atoms. The van der Waals surface area contributed by atoms with Gasteiger partial charge < -0.3 is 5.32 Å². The van der Waals surface area contributed by atoms with Gasteiger partial charge in [0.25, 0.3) is 0 Å². The molecule has 2 heterocycles. The molecule has 0 saturated heterocycles. The molecule has 1 aromatic carbocycles. The molecule has 0 radical (unpaired) electrons. The number of nitrogens with zero attached hydrogens (tertiary/aromatic N) is 3. The lowest BCUT2D eigenvalue weighted by Crippen LogP contribution is -1.99. The summed E-state index contributed by atoms with van der Waals surface area (Å²) in [4.78, 5) is 4.58. The molecule has 3 aromatic rings. The molecule has 4 nitrogen and oxygen atoms in total. The number of hydrogen-bond donors (Lipinski definition) is 1. The minimum Gasteiger partial charge on any atom is -0.371 e. The van der Waals surface area contributed by atoms with E-state index in [9.17, 15) is 0 Å². The van der Waals surface area contributed by atoms with Gasteiger partial charge in [0.05, 0.1) is 17.2 Å². The zero-order valence-electron chi connectivity index (χ0n) is 9.23. The standard InChI is InChI=1S/C12H12N4/c1-8-3-4-10-9(7-8)15-12(13-2)11-5-6-14-16(10)11/h3-7H,1-2H3,(H,13,15). The van der Waals surface area contributed by atoms with E-state index in [-0.39, 0.29) is 0 Å². The van der Waals surface area contributed by atoms with Gasteiger partial charge in [-0.3, -0.25) is 0 Å². The van der Waals surface area contributed by atoms with Gasteiger partial charge in [-0.1, -0.05) is 6.07 Å². The predicted octanol–water partition coefficient (Wildman–Crippen LogP) is 2.23. The fourth-order valence-corrected chi connectivity index (χ4v) is 1.94. The lowest BCUT2D eigenvalue weighted by Gasteiger charge is -2.06. The fraction of sp³-hybridized carbons (Fsp3) is 0.167. The van der Waals surface area contributed by atoms with Crippen molar-refractivity contribution in [3.63, 3.8) is 0 Å². The third-order valence-electron chi connectivity index (χ3n) is 2.71. The summed E-state index contributed by atoms with van der Waals surface area (Å²) in [7, 11) is 1.87. The molecule has 16 heavy (non-hydrogen) atoms. The van der Waals surface area contributed by atoms with E-state index in [1.165, 1.54) is 5.56 Å². The van der Waals surface area contributed by atoms with Crippen molar-refractivity contribution in [2.24, 2.45) is 0 Å². The van der Waals surface area contributed by atoms with E-state index in [1.54, 1.807) is 6.20 Å². The van der Waals surface area contributed by atoms with Crippen molar-refractivity contribution in [1.29, 1.82) is 0 Å². The summed E-state index contributed by atoms with van der Waals surface area (Å²) in [5.74, 6) is 0.857. The van der Waals surface area contributed by atoms with E-state index in [1.807, 2.05) is 17.6 Å². The normalized spacial score (nSPS) is 11.1. The van der Waals surface area contributed by atoms with Crippen molar-refractivity contribution in [2.75, 3.05) is 12.4 Å². The van der Waals surface area contributed by atoms with E-state index in [0.29, 0.717) is 0 Å². The molecule has 0 spiro atoms. The van der Waals surface area contributed by atoms with E-state index in [4.69, 9.17) is 0 Å². The highest BCUT2D eigenvalue weighted by atomic mass is 15.2. The molecule has 3 rings (SSSR count). The van der Waals surface area contributed by atoms with Gasteiger partial charge in [0.1, 0.15) is 5.52 Å². The Morgan fingerprint density at radius 2 is 2.06 bits per heavy atom. The van der Waals surface area contributed by atoms with Gasteiger partial charge in [-0.2, -0.15) is 5.10 Å². The first kappa shape index (κ1) is 9.15. The Labute approximate surface area is 92.9 Å². The summed E-state index contributed by atoms with van der Waals surface area (Å²) in [6.45, 7) is 2.06. The van der Waals surface area contributed by atoms with Crippen LogP contribution in [0.25, 0.3) is 16.6 Å². The van der Waals surface area contributed by atoms with Crippen LogP contribution in [0.15, 0.2) is 30.5 Å². The average Bonchev–Trinajstić information content (AvgIpc) is 2.76. The number of fused-ring (bicyclic) bond motifs is 3. The van der Waals surface area contributed by atoms with Gasteiger partial charge in [-0.05, 0) is 30.7 Å². The minimum atomic E-state index is 0.857. The van der Waals surface area contributed by atoms with E-state index in [0.717, 1.165) is 22.4 Å². The van der Waals surface area contributed by atoms with Gasteiger partial charge in [-0.25, -0.2) is 9.50 Å². The molecule has 0 fully saturated rings. The molecule has 1 N–H and O–H groups in total. The molecule has 80 valence electrons. The molecule has 0 aliphatic heterocycles. The smallest absolute Gasteiger partial charge is 0.152 e. The maximum atomic E-state index is 4.58. The summed E-state index contributed by atoms with van der Waals surface area (Å²) < 4.78 is 1.91. The van der Waals surface area contributed by atoms with Crippen molar-refractivity contribution < 1.29 is 0 Å². The van der Waals surface area contributed by atoms with Gasteiger partial charge in [-0.15, -0.1) is 0 Å². The van der Waals surface area contributed by atoms with Gasteiger partial charge in [0.2, 0.25) is 0 Å². The minimum absolute atomic E-state index is 0.857. The molecule has 2 aromatic heterocycles. The SMILES string of the molecule is CNc1nc2cc(C)ccc2n2nccc12. The zero-order valence-corrected chi connectivity index (χ0v) is 9.23. The second-order valence-corrected chi connectivity index (χ2v) is 3.83. The number of rotatable bonds is 1. The third-order valence-corrected chi connectivity index (χ3v) is 2.71. The van der Waals surface area contributed by atoms with Gasteiger partial charge in [0, 0.05) is 7.05 Å². The highest BCUT2D eigenvalue weighted by molar-refractivity contribution is 5.84. The Balaban J connectivity index is 2.53. The van der Waals surface area contributed by atoms with Crippen LogP contribution >= 0.6 is 0 Å². The van der Waals surface area contributed by atoms with Crippen LogP contribution in [0.4, 0.5) is 5.82 Å². The molecular formula is C12H12N4. The zero-order chi connectivity index (χ0) is 11.1. The summed E-state index contributed by atoms with van der Waals surface area (Å²) in [5.41, 5.74) is 4.19. The van der Waals surface area contributed by atoms with Crippen LogP contribution in [0.2, 0.25) is 0 Å². The molecule has 0 unspecified atom stereocenters.